The molecule has 1 aromatic heterocycles. The van der Waals surface area contributed by atoms with Crippen LogP contribution in [-0.2, 0) is 22.5 Å². The smallest absolute Gasteiger partial charge is 0.308 e. The molecule has 0 aromatic carbocycles. The average Bonchev–Trinajstić information content (AvgIpc) is 3.10. The van der Waals surface area contributed by atoms with Gasteiger partial charge in [0.1, 0.15) is 12.2 Å². The van der Waals surface area contributed by atoms with E-state index in [4.69, 9.17) is 4.74 Å². The van der Waals surface area contributed by atoms with Crippen molar-refractivity contribution in [1.29, 1.82) is 0 Å². The van der Waals surface area contributed by atoms with E-state index in [1.54, 1.807) is 6.33 Å². The molecule has 1 aliphatic carbocycles. The molecule has 1 aromatic rings. The minimum Gasteiger partial charge on any atom is -0.466 e. The van der Waals surface area contributed by atoms with Gasteiger partial charge in [-0.25, -0.2) is 0 Å². The van der Waals surface area contributed by atoms with Gasteiger partial charge >= 0.3 is 5.97 Å². The van der Waals surface area contributed by atoms with E-state index in [0.29, 0.717) is 19.2 Å². The molecule has 26 heavy (non-hydrogen) atoms. The topological polar surface area (TPSA) is 93.4 Å². The number of nitrogens with one attached hydrogen (secondary N) is 2. The Bertz CT molecular complexity index is 578. The third-order valence-electron chi connectivity index (χ3n) is 4.65. The van der Waals surface area contributed by atoms with E-state index in [0.717, 1.165) is 57.0 Å². The van der Waals surface area contributed by atoms with E-state index in [-0.39, 0.29) is 11.9 Å². The standard InChI is InChI=1S/C18H32N6O2/c1-4-16-23-21-13-24(16)12-11-20-18(19-5-2)22-15-9-7-14(8-10-15)17(25)26-6-3/h13-15H,4-12H2,1-3H3,(H2,19,20,22). The number of carbonyl (C=O) groups is 1. The Balaban J connectivity index is 1.81. The molecule has 8 nitrogen and oxygen atoms in total. The van der Waals surface area contributed by atoms with E-state index < -0.39 is 0 Å². The SMILES string of the molecule is CCNC(=NCCn1cnnc1CC)NC1CCC(C(=O)OCC)CC1. The Kier molecular flexibility index (Phi) is 8.37. The fraction of sp³-hybridized carbons (Fsp3) is 0.778. The number of hydrogen-bond acceptors (Lipinski definition) is 5. The van der Waals surface area contributed by atoms with Crippen LogP contribution in [0.25, 0.3) is 0 Å². The van der Waals surface area contributed by atoms with Crippen LogP contribution in [0.15, 0.2) is 11.3 Å². The summed E-state index contributed by atoms with van der Waals surface area (Å²) in [4.78, 5) is 16.5. The summed E-state index contributed by atoms with van der Waals surface area (Å²) >= 11 is 0. The van der Waals surface area contributed by atoms with Crippen LogP contribution in [0, 0.1) is 5.92 Å². The van der Waals surface area contributed by atoms with Gasteiger partial charge in [0.15, 0.2) is 5.96 Å². The zero-order chi connectivity index (χ0) is 18.8. The van der Waals surface area contributed by atoms with Crippen molar-refractivity contribution in [3.63, 3.8) is 0 Å². The normalized spacial score (nSPS) is 20.7. The van der Waals surface area contributed by atoms with Crippen molar-refractivity contribution >= 4 is 11.9 Å². The first-order chi connectivity index (χ1) is 12.7. The molecule has 0 amide bonds. The highest BCUT2D eigenvalue weighted by atomic mass is 16.5. The van der Waals surface area contributed by atoms with Gasteiger partial charge in [-0.15, -0.1) is 10.2 Å². The van der Waals surface area contributed by atoms with Crippen molar-refractivity contribution in [2.75, 3.05) is 19.7 Å². The highest BCUT2D eigenvalue weighted by Gasteiger charge is 2.27. The molecule has 0 aliphatic heterocycles. The summed E-state index contributed by atoms with van der Waals surface area (Å²) in [6.45, 7) is 8.69. The molecule has 0 bridgehead atoms. The molecule has 0 saturated heterocycles. The van der Waals surface area contributed by atoms with Crippen molar-refractivity contribution < 1.29 is 9.53 Å². The number of hydrogen-bond donors (Lipinski definition) is 2. The van der Waals surface area contributed by atoms with Crippen molar-refractivity contribution in [3.05, 3.63) is 12.2 Å². The number of rotatable bonds is 8. The lowest BCUT2D eigenvalue weighted by Gasteiger charge is -2.29. The molecular formula is C18H32N6O2. The molecule has 0 unspecified atom stereocenters. The lowest BCUT2D eigenvalue weighted by Crippen LogP contribution is -2.45. The molecule has 1 aliphatic rings. The number of guanidine groups is 1. The number of aromatic nitrogens is 3. The highest BCUT2D eigenvalue weighted by molar-refractivity contribution is 5.80. The molecular weight excluding hydrogens is 332 g/mol. The lowest BCUT2D eigenvalue weighted by atomic mass is 9.86. The van der Waals surface area contributed by atoms with Crippen molar-refractivity contribution in [3.8, 4) is 0 Å². The Morgan fingerprint density at radius 1 is 1.31 bits per heavy atom. The summed E-state index contributed by atoms with van der Waals surface area (Å²) < 4.78 is 7.17. The van der Waals surface area contributed by atoms with Crippen LogP contribution >= 0.6 is 0 Å². The van der Waals surface area contributed by atoms with Gasteiger partial charge in [-0.3, -0.25) is 9.79 Å². The fourth-order valence-corrected chi connectivity index (χ4v) is 3.26. The second kappa shape index (κ2) is 10.8. The molecule has 8 heteroatoms. The van der Waals surface area contributed by atoms with Crippen molar-refractivity contribution in [2.45, 2.75) is 65.5 Å². The Morgan fingerprint density at radius 3 is 2.73 bits per heavy atom. The molecule has 0 radical (unpaired) electrons. The summed E-state index contributed by atoms with van der Waals surface area (Å²) in [5.41, 5.74) is 0. The average molecular weight is 364 g/mol. The number of ether oxygens (including phenoxy) is 1. The third kappa shape index (κ3) is 6.00. The predicted octanol–water partition coefficient (Wildman–Crippen LogP) is 1.52. The third-order valence-corrected chi connectivity index (χ3v) is 4.65. The highest BCUT2D eigenvalue weighted by Crippen LogP contribution is 2.25. The predicted molar refractivity (Wildman–Crippen MR) is 101 cm³/mol. The van der Waals surface area contributed by atoms with Gasteiger partial charge in [0.2, 0.25) is 0 Å². The molecule has 2 N–H and O–H groups in total. The zero-order valence-corrected chi connectivity index (χ0v) is 16.2. The summed E-state index contributed by atoms with van der Waals surface area (Å²) in [5, 5.41) is 14.8. The molecule has 1 saturated carbocycles. The Morgan fingerprint density at radius 2 is 2.08 bits per heavy atom. The van der Waals surface area contributed by atoms with E-state index in [1.165, 1.54) is 0 Å². The molecule has 1 fully saturated rings. The van der Waals surface area contributed by atoms with Crippen molar-refractivity contribution in [1.82, 2.24) is 25.4 Å². The largest absolute Gasteiger partial charge is 0.466 e. The van der Waals surface area contributed by atoms with E-state index in [9.17, 15) is 4.79 Å². The molecule has 2 rings (SSSR count). The second-order valence-corrected chi connectivity index (χ2v) is 6.50. The van der Waals surface area contributed by atoms with Crippen LogP contribution in [0.4, 0.5) is 0 Å². The minimum absolute atomic E-state index is 0.0489. The van der Waals surface area contributed by atoms with Crippen LogP contribution in [0.1, 0.15) is 52.3 Å². The zero-order valence-electron chi connectivity index (χ0n) is 16.2. The first-order valence-electron chi connectivity index (χ1n) is 9.76. The van der Waals surface area contributed by atoms with Crippen LogP contribution in [0.3, 0.4) is 0 Å². The number of carbonyl (C=O) groups excluding carboxylic acids is 1. The van der Waals surface area contributed by atoms with Crippen LogP contribution in [0.2, 0.25) is 0 Å². The summed E-state index contributed by atoms with van der Waals surface area (Å²) in [6.07, 6.45) is 6.28. The first-order valence-corrected chi connectivity index (χ1v) is 9.76. The van der Waals surface area contributed by atoms with Crippen LogP contribution in [-0.4, -0.2) is 52.4 Å². The quantitative estimate of drug-likeness (QED) is 0.413. The number of aliphatic imine (C=N–C) groups is 1. The Labute approximate surface area is 155 Å². The maximum Gasteiger partial charge on any atom is 0.308 e. The van der Waals surface area contributed by atoms with Gasteiger partial charge in [-0.2, -0.15) is 0 Å². The van der Waals surface area contributed by atoms with Crippen LogP contribution < -0.4 is 10.6 Å². The fourth-order valence-electron chi connectivity index (χ4n) is 3.26. The maximum absolute atomic E-state index is 11.8. The molecule has 146 valence electrons. The van der Waals surface area contributed by atoms with Crippen molar-refractivity contribution in [2.24, 2.45) is 10.9 Å². The lowest BCUT2D eigenvalue weighted by molar-refractivity contribution is -0.149. The van der Waals surface area contributed by atoms with Crippen LogP contribution in [0.5, 0.6) is 0 Å². The molecule has 0 spiro atoms. The Hall–Kier alpha value is -2.12. The van der Waals surface area contributed by atoms with E-state index in [2.05, 4.69) is 39.7 Å². The van der Waals surface area contributed by atoms with Gasteiger partial charge in [-0.1, -0.05) is 6.92 Å². The molecule has 1 heterocycles. The van der Waals surface area contributed by atoms with Gasteiger partial charge in [0.25, 0.3) is 0 Å². The van der Waals surface area contributed by atoms with Gasteiger partial charge in [0.05, 0.1) is 19.1 Å². The number of aryl methyl sites for hydroxylation is 1. The second-order valence-electron chi connectivity index (χ2n) is 6.50. The summed E-state index contributed by atoms with van der Waals surface area (Å²) in [7, 11) is 0. The number of esters is 1. The first kappa shape index (κ1) is 20.2. The van der Waals surface area contributed by atoms with Gasteiger partial charge in [0, 0.05) is 25.6 Å². The monoisotopic (exact) mass is 364 g/mol. The van der Waals surface area contributed by atoms with Gasteiger partial charge < -0.3 is 19.9 Å². The number of nitrogens with zero attached hydrogens (tertiary/aromatic N) is 4. The van der Waals surface area contributed by atoms with E-state index in [1.807, 2.05) is 11.5 Å². The minimum atomic E-state index is -0.0489. The van der Waals surface area contributed by atoms with Gasteiger partial charge in [-0.05, 0) is 39.5 Å². The molecule has 0 atom stereocenters. The maximum atomic E-state index is 11.8. The summed E-state index contributed by atoms with van der Waals surface area (Å²) in [6, 6.07) is 0.347. The van der Waals surface area contributed by atoms with E-state index >= 15 is 0 Å². The summed E-state index contributed by atoms with van der Waals surface area (Å²) in [5.74, 6) is 1.81.